The van der Waals surface area contributed by atoms with Crippen LogP contribution in [0.2, 0.25) is 0 Å². The molecule has 30 heavy (non-hydrogen) atoms. The van der Waals surface area contributed by atoms with Crippen LogP contribution in [0.15, 0.2) is 47.4 Å². The molecule has 0 saturated carbocycles. The quantitative estimate of drug-likeness (QED) is 0.458. The molecule has 1 N–H and O–H groups in total. The number of rotatable bonds is 2. The van der Waals surface area contributed by atoms with E-state index in [9.17, 15) is 18.0 Å². The van der Waals surface area contributed by atoms with Crippen molar-refractivity contribution < 1.29 is 13.2 Å². The van der Waals surface area contributed by atoms with E-state index < -0.39 is 12.0 Å². The molecule has 5 rings (SSSR count). The van der Waals surface area contributed by atoms with Crippen LogP contribution in [0.25, 0.3) is 38.6 Å². The zero-order valence-corrected chi connectivity index (χ0v) is 16.0. The summed E-state index contributed by atoms with van der Waals surface area (Å²) in [5.41, 5.74) is 2.41. The number of benzene rings is 1. The normalized spacial score (nSPS) is 12.1. The van der Waals surface area contributed by atoms with Gasteiger partial charge in [0.25, 0.3) is 0 Å². The average Bonchev–Trinajstić information content (AvgIpc) is 3.37. The Labute approximate surface area is 170 Å². The maximum atomic E-state index is 12.8. The number of H-pyrrole nitrogens is 1. The van der Waals surface area contributed by atoms with Crippen LogP contribution in [-0.4, -0.2) is 28.9 Å². The molecule has 1 aromatic carbocycles. The van der Waals surface area contributed by atoms with Gasteiger partial charge in [-0.15, -0.1) is 5.10 Å². The molecule has 0 spiro atoms. The Balaban J connectivity index is 1.61. The van der Waals surface area contributed by atoms with E-state index in [-0.39, 0.29) is 10.4 Å². The number of fused-ring (bicyclic) bond motifs is 2. The number of alkyl halides is 3. The number of hydrogen-bond acceptors (Lipinski definition) is 6. The largest absolute Gasteiger partial charge is 0.452 e. The van der Waals surface area contributed by atoms with Gasteiger partial charge in [-0.05, 0) is 42.7 Å². The second-order valence-electron chi connectivity index (χ2n) is 6.58. The van der Waals surface area contributed by atoms with Crippen molar-refractivity contribution in [1.82, 2.24) is 28.9 Å². The van der Waals surface area contributed by atoms with Gasteiger partial charge < -0.3 is 4.98 Å². The van der Waals surface area contributed by atoms with E-state index in [1.54, 1.807) is 37.3 Å². The Hall–Kier alpha value is -3.60. The fraction of sp³-hybridized carbons (Fsp3) is 0.105. The predicted molar refractivity (Wildman–Crippen MR) is 105 cm³/mol. The van der Waals surface area contributed by atoms with Crippen LogP contribution in [0.4, 0.5) is 13.2 Å². The number of para-hydroxylation sites is 1. The first kappa shape index (κ1) is 18.4. The number of halogens is 3. The Morgan fingerprint density at radius 3 is 2.67 bits per heavy atom. The number of nitrogens with one attached hydrogen (secondary N) is 1. The minimum absolute atomic E-state index is 0.118. The van der Waals surface area contributed by atoms with E-state index in [1.165, 1.54) is 10.7 Å². The summed E-state index contributed by atoms with van der Waals surface area (Å²) in [5, 5.41) is 5.10. The zero-order valence-electron chi connectivity index (χ0n) is 15.2. The molecular weight excluding hydrogens is 417 g/mol. The lowest BCUT2D eigenvalue weighted by Crippen LogP contribution is -2.09. The summed E-state index contributed by atoms with van der Waals surface area (Å²) >= 11 is 0.657. The highest BCUT2D eigenvalue weighted by Crippen LogP contribution is 2.31. The summed E-state index contributed by atoms with van der Waals surface area (Å²) in [7, 11) is 0. The molecule has 4 aromatic heterocycles. The van der Waals surface area contributed by atoms with Gasteiger partial charge in [-0.2, -0.15) is 17.5 Å². The van der Waals surface area contributed by atoms with Crippen molar-refractivity contribution in [2.45, 2.75) is 13.1 Å². The van der Waals surface area contributed by atoms with Crippen LogP contribution < -0.4 is 5.43 Å². The Morgan fingerprint density at radius 2 is 1.90 bits per heavy atom. The molecule has 0 aliphatic heterocycles. The van der Waals surface area contributed by atoms with Crippen molar-refractivity contribution in [3.8, 4) is 22.1 Å². The number of pyridine rings is 2. The van der Waals surface area contributed by atoms with Crippen molar-refractivity contribution in [2.24, 2.45) is 0 Å². The first-order valence-electron chi connectivity index (χ1n) is 8.71. The second-order valence-corrected chi connectivity index (χ2v) is 7.33. The molecule has 0 amide bonds. The predicted octanol–water partition coefficient (Wildman–Crippen LogP) is 4.08. The fourth-order valence-electron chi connectivity index (χ4n) is 3.13. The molecule has 0 atom stereocenters. The molecule has 0 aliphatic rings. The third-order valence-corrected chi connectivity index (χ3v) is 5.39. The van der Waals surface area contributed by atoms with Gasteiger partial charge in [-0.25, -0.2) is 14.5 Å². The topological polar surface area (TPSA) is 88.8 Å². The van der Waals surface area contributed by atoms with Gasteiger partial charge in [0.05, 0.1) is 5.69 Å². The Bertz CT molecular complexity index is 1480. The van der Waals surface area contributed by atoms with E-state index >= 15 is 0 Å². The molecule has 0 aliphatic carbocycles. The lowest BCUT2D eigenvalue weighted by Gasteiger charge is -2.04. The summed E-state index contributed by atoms with van der Waals surface area (Å²) in [6.45, 7) is 1.69. The van der Waals surface area contributed by atoms with Crippen LogP contribution >= 0.6 is 11.5 Å². The van der Waals surface area contributed by atoms with Gasteiger partial charge in [-0.3, -0.25) is 4.79 Å². The van der Waals surface area contributed by atoms with Gasteiger partial charge in [0.15, 0.2) is 16.9 Å². The molecule has 0 radical (unpaired) electrons. The minimum Gasteiger partial charge on any atom is -0.351 e. The van der Waals surface area contributed by atoms with E-state index in [0.29, 0.717) is 50.7 Å². The first-order chi connectivity index (χ1) is 14.3. The van der Waals surface area contributed by atoms with Gasteiger partial charge in [0.2, 0.25) is 5.82 Å². The Kier molecular flexibility index (Phi) is 3.97. The Morgan fingerprint density at radius 1 is 1.10 bits per heavy atom. The van der Waals surface area contributed by atoms with E-state index in [2.05, 4.69) is 24.4 Å². The van der Waals surface area contributed by atoms with Crippen molar-refractivity contribution in [3.63, 3.8) is 0 Å². The van der Waals surface area contributed by atoms with Crippen LogP contribution in [0.3, 0.4) is 0 Å². The molecule has 11 heteroatoms. The standard InChI is InChI=1S/C19H11F3N6OS/c1-9-14(23-12-5-3-2-4-11(12)15(9)29)16-24-13-7-6-10(8-28(13)26-16)17-25-18(27-30-17)19(20,21)22/h2-8H,1H3,(H,23,29). The molecule has 5 aromatic rings. The van der Waals surface area contributed by atoms with Crippen molar-refractivity contribution >= 4 is 28.1 Å². The molecule has 7 nitrogen and oxygen atoms in total. The maximum Gasteiger partial charge on any atom is 0.452 e. The lowest BCUT2D eigenvalue weighted by molar-refractivity contribution is -0.144. The minimum atomic E-state index is -4.60. The summed E-state index contributed by atoms with van der Waals surface area (Å²) in [5.74, 6) is -0.869. The highest BCUT2D eigenvalue weighted by molar-refractivity contribution is 7.09. The highest BCUT2D eigenvalue weighted by atomic mass is 32.1. The smallest absolute Gasteiger partial charge is 0.351 e. The van der Waals surface area contributed by atoms with Gasteiger partial charge in [-0.1, -0.05) is 12.1 Å². The number of aromatic amines is 1. The molecule has 150 valence electrons. The van der Waals surface area contributed by atoms with E-state index in [0.717, 1.165) is 0 Å². The summed E-state index contributed by atoms with van der Waals surface area (Å²) in [6.07, 6.45) is -3.07. The van der Waals surface area contributed by atoms with Crippen molar-refractivity contribution in [1.29, 1.82) is 0 Å². The van der Waals surface area contributed by atoms with Crippen molar-refractivity contribution in [2.75, 3.05) is 0 Å². The zero-order chi connectivity index (χ0) is 21.0. The van der Waals surface area contributed by atoms with Gasteiger partial charge >= 0.3 is 6.18 Å². The van der Waals surface area contributed by atoms with Crippen LogP contribution in [-0.2, 0) is 6.18 Å². The van der Waals surface area contributed by atoms with E-state index in [1.807, 2.05) is 6.07 Å². The van der Waals surface area contributed by atoms with E-state index in [4.69, 9.17) is 0 Å². The molecule has 0 fully saturated rings. The van der Waals surface area contributed by atoms with Crippen molar-refractivity contribution in [3.05, 3.63) is 64.2 Å². The SMILES string of the molecule is Cc1c(-c2nc3ccc(-c4nc(C(F)(F)F)ns4)cn3n2)[nH]c2ccccc2c1=O. The molecule has 0 bridgehead atoms. The summed E-state index contributed by atoms with van der Waals surface area (Å²) < 4.78 is 43.1. The third kappa shape index (κ3) is 2.94. The number of nitrogens with zero attached hydrogens (tertiary/aromatic N) is 5. The lowest BCUT2D eigenvalue weighted by atomic mass is 10.1. The number of aromatic nitrogens is 6. The fourth-order valence-corrected chi connectivity index (χ4v) is 3.80. The highest BCUT2D eigenvalue weighted by Gasteiger charge is 2.36. The van der Waals surface area contributed by atoms with Crippen LogP contribution in [0.5, 0.6) is 0 Å². The first-order valence-corrected chi connectivity index (χ1v) is 9.48. The molecule has 0 unspecified atom stereocenters. The maximum absolute atomic E-state index is 12.8. The molecular formula is C19H11F3N6OS. The molecule has 0 saturated heterocycles. The van der Waals surface area contributed by atoms with Crippen LogP contribution in [0.1, 0.15) is 11.4 Å². The second kappa shape index (κ2) is 6.46. The number of hydrogen-bond donors (Lipinski definition) is 1. The summed E-state index contributed by atoms with van der Waals surface area (Å²) in [4.78, 5) is 23.9. The monoisotopic (exact) mass is 428 g/mol. The summed E-state index contributed by atoms with van der Waals surface area (Å²) in [6, 6.07) is 10.4. The average molecular weight is 428 g/mol. The van der Waals surface area contributed by atoms with Crippen LogP contribution in [0, 0.1) is 6.92 Å². The van der Waals surface area contributed by atoms with Gasteiger partial charge in [0, 0.05) is 28.2 Å². The molecule has 4 heterocycles. The third-order valence-electron chi connectivity index (χ3n) is 4.63. The van der Waals surface area contributed by atoms with Gasteiger partial charge in [0.1, 0.15) is 5.01 Å².